The number of hydrogen-bond donors (Lipinski definition) is 0. The molecule has 0 saturated carbocycles. The highest BCUT2D eigenvalue weighted by molar-refractivity contribution is 5.77. The Bertz CT molecular complexity index is 613. The second kappa shape index (κ2) is 4.39. The van der Waals surface area contributed by atoms with Crippen LogP contribution in [0.15, 0.2) is 18.6 Å². The summed E-state index contributed by atoms with van der Waals surface area (Å²) in [7, 11) is 0. The number of ether oxygens (including phenoxy) is 1. The summed E-state index contributed by atoms with van der Waals surface area (Å²) in [4.78, 5) is 8.33. The fourth-order valence-electron chi connectivity index (χ4n) is 2.64. The molecular weight excluding hydrogens is 228 g/mol. The van der Waals surface area contributed by atoms with Gasteiger partial charge in [-0.1, -0.05) is 6.92 Å². The van der Waals surface area contributed by atoms with E-state index < -0.39 is 0 Å². The van der Waals surface area contributed by atoms with Crippen LogP contribution >= 0.6 is 0 Å². The van der Waals surface area contributed by atoms with E-state index in [9.17, 15) is 5.26 Å². The SMILES string of the molecule is C[C@H]1COCC[C@@H]1n1c(C#N)cc2cncnc21. The van der Waals surface area contributed by atoms with Crippen LogP contribution in [0.4, 0.5) is 0 Å². The van der Waals surface area contributed by atoms with Crippen LogP contribution in [0.5, 0.6) is 0 Å². The molecule has 0 aromatic carbocycles. The summed E-state index contributed by atoms with van der Waals surface area (Å²) in [6, 6.07) is 4.39. The van der Waals surface area contributed by atoms with Crippen molar-refractivity contribution in [2.24, 2.45) is 5.92 Å². The largest absolute Gasteiger partial charge is 0.381 e. The minimum atomic E-state index is 0.279. The highest BCUT2D eigenvalue weighted by Crippen LogP contribution is 2.31. The minimum Gasteiger partial charge on any atom is -0.381 e. The molecule has 1 aliphatic heterocycles. The topological polar surface area (TPSA) is 63.7 Å². The van der Waals surface area contributed by atoms with Crippen LogP contribution in [0, 0.1) is 17.2 Å². The third-order valence-corrected chi connectivity index (χ3v) is 3.54. The van der Waals surface area contributed by atoms with Crippen molar-refractivity contribution in [2.45, 2.75) is 19.4 Å². The van der Waals surface area contributed by atoms with Crippen molar-refractivity contribution in [1.82, 2.24) is 14.5 Å². The lowest BCUT2D eigenvalue weighted by atomic mass is 9.97. The predicted molar refractivity (Wildman–Crippen MR) is 65.9 cm³/mol. The van der Waals surface area contributed by atoms with Crippen LogP contribution in [0.25, 0.3) is 11.0 Å². The quantitative estimate of drug-likeness (QED) is 0.766. The van der Waals surface area contributed by atoms with E-state index in [0.29, 0.717) is 11.6 Å². The molecule has 1 aliphatic rings. The predicted octanol–water partition coefficient (Wildman–Crippen LogP) is 1.90. The lowest BCUT2D eigenvalue weighted by Gasteiger charge is -2.30. The Labute approximate surface area is 105 Å². The molecule has 0 N–H and O–H groups in total. The second-order valence-corrected chi connectivity index (χ2v) is 4.72. The molecule has 0 amide bonds. The molecule has 1 saturated heterocycles. The first-order valence-electron chi connectivity index (χ1n) is 6.10. The van der Waals surface area contributed by atoms with Gasteiger partial charge in [0, 0.05) is 30.1 Å². The van der Waals surface area contributed by atoms with Crippen molar-refractivity contribution in [3.05, 3.63) is 24.3 Å². The van der Waals surface area contributed by atoms with Crippen molar-refractivity contribution in [3.8, 4) is 6.07 Å². The third kappa shape index (κ3) is 1.66. The first kappa shape index (κ1) is 11.2. The van der Waals surface area contributed by atoms with Gasteiger partial charge in [0.2, 0.25) is 0 Å². The van der Waals surface area contributed by atoms with Gasteiger partial charge in [-0.3, -0.25) is 0 Å². The summed E-state index contributed by atoms with van der Waals surface area (Å²) in [5.41, 5.74) is 1.50. The Morgan fingerprint density at radius 1 is 1.56 bits per heavy atom. The molecule has 5 nitrogen and oxygen atoms in total. The smallest absolute Gasteiger partial charge is 0.144 e. The van der Waals surface area contributed by atoms with Crippen LogP contribution in [0.2, 0.25) is 0 Å². The van der Waals surface area contributed by atoms with E-state index in [4.69, 9.17) is 4.74 Å². The van der Waals surface area contributed by atoms with E-state index in [1.54, 1.807) is 6.20 Å². The first-order valence-corrected chi connectivity index (χ1v) is 6.10. The van der Waals surface area contributed by atoms with Gasteiger partial charge in [0.25, 0.3) is 0 Å². The Hall–Kier alpha value is -1.93. The summed E-state index contributed by atoms with van der Waals surface area (Å²) in [6.45, 7) is 3.63. The van der Waals surface area contributed by atoms with Crippen LogP contribution in [-0.4, -0.2) is 27.7 Å². The number of nitriles is 1. The molecule has 1 fully saturated rings. The molecule has 3 heterocycles. The Kier molecular flexibility index (Phi) is 2.73. The van der Waals surface area contributed by atoms with E-state index in [2.05, 4.69) is 23.0 Å². The van der Waals surface area contributed by atoms with Gasteiger partial charge in [-0.2, -0.15) is 5.26 Å². The van der Waals surface area contributed by atoms with E-state index in [1.165, 1.54) is 6.33 Å². The maximum absolute atomic E-state index is 9.29. The molecule has 0 unspecified atom stereocenters. The van der Waals surface area contributed by atoms with Crippen LogP contribution < -0.4 is 0 Å². The Morgan fingerprint density at radius 2 is 2.44 bits per heavy atom. The molecule has 0 aliphatic carbocycles. The van der Waals surface area contributed by atoms with E-state index in [1.807, 2.05) is 10.6 Å². The lowest BCUT2D eigenvalue weighted by molar-refractivity contribution is 0.0296. The number of rotatable bonds is 1. The normalized spacial score (nSPS) is 24.0. The van der Waals surface area contributed by atoms with Gasteiger partial charge in [-0.05, 0) is 12.5 Å². The van der Waals surface area contributed by atoms with E-state index >= 15 is 0 Å². The zero-order valence-corrected chi connectivity index (χ0v) is 10.2. The number of aromatic nitrogens is 3. The van der Waals surface area contributed by atoms with Crippen molar-refractivity contribution >= 4 is 11.0 Å². The summed E-state index contributed by atoms with van der Waals surface area (Å²) in [5.74, 6) is 0.386. The van der Waals surface area contributed by atoms with Crippen molar-refractivity contribution in [3.63, 3.8) is 0 Å². The third-order valence-electron chi connectivity index (χ3n) is 3.54. The van der Waals surface area contributed by atoms with Crippen molar-refractivity contribution in [2.75, 3.05) is 13.2 Å². The maximum Gasteiger partial charge on any atom is 0.144 e. The van der Waals surface area contributed by atoms with Gasteiger partial charge in [-0.25, -0.2) is 9.97 Å². The fraction of sp³-hybridized carbons (Fsp3) is 0.462. The average Bonchev–Trinajstić information content (AvgIpc) is 2.78. The zero-order valence-electron chi connectivity index (χ0n) is 10.2. The van der Waals surface area contributed by atoms with Gasteiger partial charge in [0.1, 0.15) is 23.7 Å². The Morgan fingerprint density at radius 3 is 3.22 bits per heavy atom. The first-order chi connectivity index (χ1) is 8.81. The van der Waals surface area contributed by atoms with Gasteiger partial charge >= 0.3 is 0 Å². The van der Waals surface area contributed by atoms with Gasteiger partial charge < -0.3 is 9.30 Å². The van der Waals surface area contributed by atoms with Crippen LogP contribution in [-0.2, 0) is 4.74 Å². The monoisotopic (exact) mass is 242 g/mol. The van der Waals surface area contributed by atoms with Gasteiger partial charge in [0.15, 0.2) is 0 Å². The highest BCUT2D eigenvalue weighted by Gasteiger charge is 2.27. The molecule has 0 radical (unpaired) electrons. The number of hydrogen-bond acceptors (Lipinski definition) is 4. The number of fused-ring (bicyclic) bond motifs is 1. The molecule has 18 heavy (non-hydrogen) atoms. The molecule has 2 atom stereocenters. The molecule has 0 spiro atoms. The lowest BCUT2D eigenvalue weighted by Crippen LogP contribution is -2.28. The maximum atomic E-state index is 9.29. The molecule has 3 rings (SSSR count). The summed E-state index contributed by atoms with van der Waals surface area (Å²) in [5, 5.41) is 10.2. The summed E-state index contributed by atoms with van der Waals surface area (Å²) in [6.07, 6.45) is 4.21. The fourth-order valence-corrected chi connectivity index (χ4v) is 2.64. The highest BCUT2D eigenvalue weighted by atomic mass is 16.5. The molecule has 2 aromatic heterocycles. The molecular formula is C13H14N4O. The second-order valence-electron chi connectivity index (χ2n) is 4.72. The number of nitrogens with zero attached hydrogens (tertiary/aromatic N) is 4. The van der Waals surface area contributed by atoms with E-state index in [-0.39, 0.29) is 6.04 Å². The molecule has 5 heteroatoms. The molecule has 92 valence electrons. The molecule has 0 bridgehead atoms. The van der Waals surface area contributed by atoms with Crippen LogP contribution in [0.3, 0.4) is 0 Å². The van der Waals surface area contributed by atoms with Crippen LogP contribution in [0.1, 0.15) is 25.1 Å². The van der Waals surface area contributed by atoms with Crippen molar-refractivity contribution < 1.29 is 4.74 Å². The Balaban J connectivity index is 2.17. The summed E-state index contributed by atoms with van der Waals surface area (Å²) >= 11 is 0. The average molecular weight is 242 g/mol. The van der Waals surface area contributed by atoms with Crippen molar-refractivity contribution in [1.29, 1.82) is 5.26 Å². The molecule has 2 aromatic rings. The zero-order chi connectivity index (χ0) is 12.5. The van der Waals surface area contributed by atoms with Gasteiger partial charge in [-0.15, -0.1) is 0 Å². The van der Waals surface area contributed by atoms with E-state index in [0.717, 1.165) is 30.7 Å². The minimum absolute atomic E-state index is 0.279. The summed E-state index contributed by atoms with van der Waals surface area (Å²) < 4.78 is 7.51. The standard InChI is InChI=1S/C13H14N4O/c1-9-7-18-3-2-12(9)17-11(5-14)4-10-6-15-8-16-13(10)17/h4,6,8-9,12H,2-3,7H2,1H3/t9-,12-/m0/s1. The van der Waals surface area contributed by atoms with Gasteiger partial charge in [0.05, 0.1) is 6.61 Å².